The van der Waals surface area contributed by atoms with Gasteiger partial charge in [0.25, 0.3) is 0 Å². The van der Waals surface area contributed by atoms with Crippen molar-refractivity contribution in [3.05, 3.63) is 51.0 Å². The number of rotatable bonds is 4. The Bertz CT molecular complexity index is 827. The Kier molecular flexibility index (Phi) is 5.28. The van der Waals surface area contributed by atoms with Crippen molar-refractivity contribution in [1.29, 1.82) is 0 Å². The van der Waals surface area contributed by atoms with Gasteiger partial charge in [0, 0.05) is 18.3 Å². The van der Waals surface area contributed by atoms with Crippen LogP contribution in [0.2, 0.25) is 0 Å². The van der Waals surface area contributed by atoms with Gasteiger partial charge >= 0.3 is 0 Å². The maximum Gasteiger partial charge on any atom is 0.243 e. The zero-order valence-corrected chi connectivity index (χ0v) is 15.9. The molecule has 1 aromatic rings. The number of methoxy groups -OCH3 is 1. The molecule has 1 aromatic carbocycles. The number of hydrogen-bond donors (Lipinski definition) is 1. The minimum atomic E-state index is -3.95. The summed E-state index contributed by atoms with van der Waals surface area (Å²) in [5, 5.41) is -0.335. The molecule has 1 aliphatic carbocycles. The molecule has 0 fully saturated rings. The van der Waals surface area contributed by atoms with E-state index in [1.165, 1.54) is 33.1 Å². The lowest BCUT2D eigenvalue weighted by Gasteiger charge is -2.38. The quantitative estimate of drug-likeness (QED) is 0.802. The van der Waals surface area contributed by atoms with Crippen molar-refractivity contribution in [2.45, 2.75) is 31.4 Å². The van der Waals surface area contributed by atoms with E-state index in [2.05, 4.69) is 4.72 Å². The average molecular weight is 390 g/mol. The van der Waals surface area contributed by atoms with Crippen molar-refractivity contribution in [2.75, 3.05) is 7.11 Å². The predicted octanol–water partition coefficient (Wildman–Crippen LogP) is 3.22. The Morgan fingerprint density at radius 3 is 1.88 bits per heavy atom. The Labute approximate surface area is 151 Å². The second kappa shape index (κ2) is 6.61. The van der Waals surface area contributed by atoms with Gasteiger partial charge in [0.1, 0.15) is 0 Å². The molecule has 0 bridgehead atoms. The molecule has 0 unspecified atom stereocenters. The average Bonchev–Trinajstić information content (AvgIpc) is 2.55. The number of aryl methyl sites for hydroxylation is 1. The lowest BCUT2D eigenvalue weighted by molar-refractivity contribution is -0.111. The highest BCUT2D eigenvalue weighted by atomic mass is 35.5. The first-order chi connectivity index (χ1) is 11.1. The van der Waals surface area contributed by atoms with Crippen LogP contribution in [0.4, 0.5) is 0 Å². The van der Waals surface area contributed by atoms with Crippen LogP contribution in [0, 0.1) is 6.92 Å². The molecule has 5 nitrogen and oxygen atoms in total. The Morgan fingerprint density at radius 1 is 1.00 bits per heavy atom. The monoisotopic (exact) mass is 389 g/mol. The molecule has 2 rings (SSSR count). The molecule has 8 heteroatoms. The van der Waals surface area contributed by atoms with Gasteiger partial charge < -0.3 is 4.74 Å². The SMILES string of the molecule is COC1(NS(=O)(=O)c2ccc(C)cc2)C(C)=C(Cl)C(=O)C(Cl)=C1C. The Hall–Kier alpha value is -1.18. The van der Waals surface area contributed by atoms with Crippen LogP contribution in [0.5, 0.6) is 0 Å². The van der Waals surface area contributed by atoms with Crippen LogP contribution in [0.15, 0.2) is 50.4 Å². The van der Waals surface area contributed by atoms with Crippen LogP contribution in [0.1, 0.15) is 19.4 Å². The van der Waals surface area contributed by atoms with E-state index in [-0.39, 0.29) is 26.1 Å². The van der Waals surface area contributed by atoms with E-state index < -0.39 is 21.5 Å². The van der Waals surface area contributed by atoms with Crippen LogP contribution in [0.25, 0.3) is 0 Å². The fourth-order valence-corrected chi connectivity index (χ4v) is 4.38. The van der Waals surface area contributed by atoms with Crippen molar-refractivity contribution in [3.8, 4) is 0 Å². The van der Waals surface area contributed by atoms with Gasteiger partial charge in [-0.05, 0) is 32.9 Å². The second-order valence-electron chi connectivity index (χ2n) is 5.51. The van der Waals surface area contributed by atoms with Gasteiger partial charge in [0.05, 0.1) is 15.0 Å². The molecule has 0 spiro atoms. The van der Waals surface area contributed by atoms with Crippen LogP contribution in [-0.2, 0) is 19.6 Å². The summed E-state index contributed by atoms with van der Waals surface area (Å²) >= 11 is 12.1. The van der Waals surface area contributed by atoms with Crippen molar-refractivity contribution >= 4 is 39.0 Å². The number of hydrogen-bond acceptors (Lipinski definition) is 4. The molecule has 0 aromatic heterocycles. The number of allylic oxidation sites excluding steroid dienone is 2. The highest BCUT2D eigenvalue weighted by Gasteiger charge is 2.46. The van der Waals surface area contributed by atoms with Gasteiger partial charge in [-0.2, -0.15) is 4.72 Å². The molecule has 1 N–H and O–H groups in total. The maximum atomic E-state index is 12.8. The zero-order valence-electron chi connectivity index (χ0n) is 13.6. The number of ether oxygens (including phenoxy) is 1. The number of halogens is 2. The molecule has 0 saturated heterocycles. The van der Waals surface area contributed by atoms with E-state index in [4.69, 9.17) is 27.9 Å². The van der Waals surface area contributed by atoms with Crippen molar-refractivity contribution in [2.24, 2.45) is 0 Å². The first kappa shape index (κ1) is 19.1. The number of nitrogens with one attached hydrogen (secondary N) is 1. The minimum Gasteiger partial charge on any atom is -0.355 e. The molecule has 0 amide bonds. The van der Waals surface area contributed by atoms with Crippen LogP contribution < -0.4 is 4.72 Å². The van der Waals surface area contributed by atoms with E-state index >= 15 is 0 Å². The van der Waals surface area contributed by atoms with Crippen molar-refractivity contribution < 1.29 is 17.9 Å². The zero-order chi connectivity index (χ0) is 18.3. The lowest BCUT2D eigenvalue weighted by atomic mass is 9.90. The van der Waals surface area contributed by atoms with Crippen molar-refractivity contribution in [3.63, 3.8) is 0 Å². The molecule has 0 aliphatic heterocycles. The van der Waals surface area contributed by atoms with Crippen LogP contribution in [-0.4, -0.2) is 27.0 Å². The molecular formula is C16H17Cl2NO4S. The fraction of sp³-hybridized carbons (Fsp3) is 0.312. The summed E-state index contributed by atoms with van der Waals surface area (Å²) in [6.45, 7) is 4.90. The Balaban J connectivity index is 2.59. The molecular weight excluding hydrogens is 373 g/mol. The van der Waals surface area contributed by atoms with Gasteiger partial charge in [0.15, 0.2) is 5.72 Å². The first-order valence-corrected chi connectivity index (χ1v) is 9.25. The number of carbonyl (C=O) groups is 1. The molecule has 0 radical (unpaired) electrons. The molecule has 0 atom stereocenters. The minimum absolute atomic E-state index is 0.0641. The van der Waals surface area contributed by atoms with E-state index in [1.54, 1.807) is 12.1 Å². The van der Waals surface area contributed by atoms with Gasteiger partial charge in [-0.3, -0.25) is 4.79 Å². The predicted molar refractivity (Wildman–Crippen MR) is 93.4 cm³/mol. The number of Topliss-reactive ketones (excluding diaryl/α,β-unsaturated/α-hetero) is 1. The largest absolute Gasteiger partial charge is 0.355 e. The van der Waals surface area contributed by atoms with E-state index in [9.17, 15) is 13.2 Å². The number of sulfonamides is 1. The molecule has 24 heavy (non-hydrogen) atoms. The standard InChI is InChI=1S/C16H17Cl2NO4S/c1-9-5-7-12(8-6-9)24(21,22)19-16(23-4)10(2)13(17)15(20)14(18)11(16)3/h5-8,19H,1-4H3. The third-order valence-corrected chi connectivity index (χ3v) is 6.39. The topological polar surface area (TPSA) is 72.5 Å². The molecule has 0 saturated carbocycles. The lowest BCUT2D eigenvalue weighted by Crippen LogP contribution is -2.54. The second-order valence-corrected chi connectivity index (χ2v) is 7.95. The van der Waals surface area contributed by atoms with Gasteiger partial charge in [-0.1, -0.05) is 40.9 Å². The van der Waals surface area contributed by atoms with Crippen LogP contribution >= 0.6 is 23.2 Å². The number of ketones is 1. The smallest absolute Gasteiger partial charge is 0.243 e. The molecule has 0 heterocycles. The summed E-state index contributed by atoms with van der Waals surface area (Å²) in [5.41, 5.74) is -0.230. The van der Waals surface area contributed by atoms with E-state index in [0.717, 1.165) is 5.56 Å². The summed E-state index contributed by atoms with van der Waals surface area (Å²) in [4.78, 5) is 12.1. The Morgan fingerprint density at radius 2 is 1.46 bits per heavy atom. The van der Waals surface area contributed by atoms with Gasteiger partial charge in [-0.15, -0.1) is 0 Å². The number of benzene rings is 1. The van der Waals surface area contributed by atoms with Gasteiger partial charge in [0.2, 0.25) is 15.8 Å². The normalized spacial score (nSPS) is 18.3. The maximum absolute atomic E-state index is 12.8. The van der Waals surface area contributed by atoms with Crippen molar-refractivity contribution in [1.82, 2.24) is 4.72 Å². The third-order valence-electron chi connectivity index (χ3n) is 4.03. The summed E-state index contributed by atoms with van der Waals surface area (Å²) in [7, 11) is -2.63. The van der Waals surface area contributed by atoms with E-state index in [1.807, 2.05) is 6.92 Å². The fourth-order valence-electron chi connectivity index (χ4n) is 2.49. The summed E-state index contributed by atoms with van der Waals surface area (Å²) in [6, 6.07) is 6.33. The highest BCUT2D eigenvalue weighted by Crippen LogP contribution is 2.40. The number of carbonyl (C=O) groups excluding carboxylic acids is 1. The highest BCUT2D eigenvalue weighted by molar-refractivity contribution is 7.89. The molecule has 130 valence electrons. The summed E-state index contributed by atoms with van der Waals surface area (Å²) < 4.78 is 33.4. The van der Waals surface area contributed by atoms with E-state index in [0.29, 0.717) is 0 Å². The summed E-state index contributed by atoms with van der Waals surface area (Å²) in [6.07, 6.45) is 0. The van der Waals surface area contributed by atoms with Crippen LogP contribution in [0.3, 0.4) is 0 Å². The first-order valence-electron chi connectivity index (χ1n) is 7.01. The van der Waals surface area contributed by atoms with Gasteiger partial charge in [-0.25, -0.2) is 8.42 Å². The molecule has 1 aliphatic rings. The third kappa shape index (κ3) is 3.05. The summed E-state index contributed by atoms with van der Waals surface area (Å²) in [5.74, 6) is -0.560.